The average Bonchev–Trinajstić information content (AvgIpc) is 3.62. The number of amides is 1. The highest BCUT2D eigenvalue weighted by Gasteiger charge is 2.64. The summed E-state index contributed by atoms with van der Waals surface area (Å²) in [6.45, 7) is 8.70. The van der Waals surface area contributed by atoms with Gasteiger partial charge in [-0.25, -0.2) is 18.6 Å². The monoisotopic (exact) mass is 676 g/mol. The molecule has 2 aromatic heterocycles. The summed E-state index contributed by atoms with van der Waals surface area (Å²) in [5.41, 5.74) is 1.16. The van der Waals surface area contributed by atoms with Crippen molar-refractivity contribution in [3.63, 3.8) is 0 Å². The predicted molar refractivity (Wildman–Crippen MR) is 181 cm³/mol. The van der Waals surface area contributed by atoms with Gasteiger partial charge in [-0.3, -0.25) is 9.80 Å². The summed E-state index contributed by atoms with van der Waals surface area (Å²) in [6, 6.07) is 7.06. The Bertz CT molecular complexity index is 2240. The van der Waals surface area contributed by atoms with Gasteiger partial charge in [0, 0.05) is 30.6 Å². The van der Waals surface area contributed by atoms with Crippen LogP contribution in [0.5, 0.6) is 11.9 Å². The minimum Gasteiger partial charge on any atom is -0.472 e. The van der Waals surface area contributed by atoms with E-state index in [1.165, 1.54) is 16.5 Å². The van der Waals surface area contributed by atoms with Gasteiger partial charge < -0.3 is 19.5 Å². The third kappa shape index (κ3) is 3.98. The van der Waals surface area contributed by atoms with Crippen molar-refractivity contribution in [3.8, 4) is 35.5 Å². The molecule has 1 saturated carbocycles. The number of piperazine rings is 1. The number of carboxylic acid groups (broad SMARTS) is 1. The standard InChI is InChI=1S/C38H34F2N6O4/c1-4-23-26(39)10-8-20-6-5-7-24(28(20)23)31-30(40)32-29-34(43-36(42-32)49-17-38-13-18(2)14-44(38)15-21-12-25(21)38)45-16-22-9-11-27(46(22)37(47)48)33(45)19(3)50-35(29)41-31/h1,5-8,10,19,21-22,25,27,33H,2,9,11-17H2,3H3,(H,47,48)/t19?,21-,22?,25-,27?,33?,38?/m0/s1. The van der Waals surface area contributed by atoms with Gasteiger partial charge in [-0.1, -0.05) is 42.3 Å². The van der Waals surface area contributed by atoms with Crippen LogP contribution < -0.4 is 14.4 Å². The first-order chi connectivity index (χ1) is 24.2. The molecule has 0 spiro atoms. The van der Waals surface area contributed by atoms with Crippen molar-refractivity contribution in [1.29, 1.82) is 0 Å². The Morgan fingerprint density at radius 3 is 2.86 bits per heavy atom. The van der Waals surface area contributed by atoms with E-state index < -0.39 is 29.9 Å². The van der Waals surface area contributed by atoms with Crippen LogP contribution in [0.1, 0.15) is 38.2 Å². The maximum absolute atomic E-state index is 17.2. The number of benzene rings is 2. The summed E-state index contributed by atoms with van der Waals surface area (Å²) in [5, 5.41) is 11.5. The highest BCUT2D eigenvalue weighted by Crippen LogP contribution is 2.60. The normalized spacial score (nSPS) is 30.5. The van der Waals surface area contributed by atoms with Crippen molar-refractivity contribution < 1.29 is 28.2 Å². The van der Waals surface area contributed by atoms with Gasteiger partial charge in [0.15, 0.2) is 5.82 Å². The highest BCUT2D eigenvalue weighted by molar-refractivity contribution is 6.03. The number of fused-ring (bicyclic) bond motifs is 9. The van der Waals surface area contributed by atoms with Gasteiger partial charge >= 0.3 is 12.1 Å². The second kappa shape index (κ2) is 10.3. The molecule has 2 aromatic carbocycles. The Balaban J connectivity index is 1.17. The molecule has 6 aliphatic rings. The van der Waals surface area contributed by atoms with Gasteiger partial charge in [0.2, 0.25) is 5.88 Å². The van der Waals surface area contributed by atoms with Crippen LogP contribution in [0.15, 0.2) is 42.5 Å². The summed E-state index contributed by atoms with van der Waals surface area (Å²) in [5.74, 6) is 2.79. The molecular weight excluding hydrogens is 642 g/mol. The molecule has 10 nitrogen and oxygen atoms in total. The first-order valence-corrected chi connectivity index (χ1v) is 17.3. The molecule has 254 valence electrons. The quantitative estimate of drug-likeness (QED) is 0.218. The third-order valence-electron chi connectivity index (χ3n) is 12.2. The number of rotatable bonds is 4. The lowest BCUT2D eigenvalue weighted by molar-refractivity contribution is 0.0704. The Morgan fingerprint density at radius 1 is 1.18 bits per heavy atom. The topological polar surface area (TPSA) is 104 Å². The van der Waals surface area contributed by atoms with Crippen molar-refractivity contribution in [2.45, 2.75) is 62.4 Å². The number of terminal acetylenes is 1. The maximum atomic E-state index is 17.2. The zero-order chi connectivity index (χ0) is 34.2. The molecule has 5 aliphatic heterocycles. The van der Waals surface area contributed by atoms with E-state index in [9.17, 15) is 9.90 Å². The molecule has 10 rings (SSSR count). The maximum Gasteiger partial charge on any atom is 0.407 e. The molecule has 1 amide bonds. The second-order valence-electron chi connectivity index (χ2n) is 14.9. The summed E-state index contributed by atoms with van der Waals surface area (Å²) in [6.07, 6.45) is 7.61. The van der Waals surface area contributed by atoms with E-state index in [-0.39, 0.29) is 51.7 Å². The Morgan fingerprint density at radius 2 is 2.04 bits per heavy atom. The van der Waals surface area contributed by atoms with Gasteiger partial charge in [0.1, 0.15) is 40.9 Å². The van der Waals surface area contributed by atoms with Gasteiger partial charge in [-0.2, -0.15) is 9.97 Å². The molecule has 2 bridgehead atoms. The van der Waals surface area contributed by atoms with E-state index in [1.54, 1.807) is 24.3 Å². The fourth-order valence-corrected chi connectivity index (χ4v) is 10.1. The van der Waals surface area contributed by atoms with Crippen molar-refractivity contribution in [2.24, 2.45) is 11.8 Å². The van der Waals surface area contributed by atoms with E-state index in [1.807, 2.05) is 6.92 Å². The molecule has 7 atom stereocenters. The summed E-state index contributed by atoms with van der Waals surface area (Å²) < 4.78 is 45.4. The van der Waals surface area contributed by atoms with Gasteiger partial charge in [-0.15, -0.1) is 6.42 Å². The predicted octanol–water partition coefficient (Wildman–Crippen LogP) is 5.61. The number of hydrogen-bond donors (Lipinski definition) is 1. The zero-order valence-corrected chi connectivity index (χ0v) is 27.4. The van der Waals surface area contributed by atoms with Crippen LogP contribution in [0.2, 0.25) is 0 Å². The number of halogens is 2. The second-order valence-corrected chi connectivity index (χ2v) is 14.9. The largest absolute Gasteiger partial charge is 0.472 e. The number of piperidine rings is 1. The lowest BCUT2D eigenvalue weighted by atomic mass is 9.91. The van der Waals surface area contributed by atoms with Crippen LogP contribution >= 0.6 is 0 Å². The van der Waals surface area contributed by atoms with Gasteiger partial charge in [-0.05, 0) is 55.9 Å². The number of nitrogens with zero attached hydrogens (tertiary/aromatic N) is 6. The molecule has 5 fully saturated rings. The third-order valence-corrected chi connectivity index (χ3v) is 12.2. The fourth-order valence-electron chi connectivity index (χ4n) is 10.1. The molecule has 0 radical (unpaired) electrons. The van der Waals surface area contributed by atoms with Crippen molar-refractivity contribution in [3.05, 3.63) is 59.7 Å². The minimum atomic E-state index is -0.973. The van der Waals surface area contributed by atoms with Gasteiger partial charge in [0.05, 0.1) is 29.2 Å². The average molecular weight is 677 g/mol. The molecule has 12 heteroatoms. The van der Waals surface area contributed by atoms with Crippen LogP contribution in [0.25, 0.3) is 32.9 Å². The molecule has 4 aromatic rings. The van der Waals surface area contributed by atoms with E-state index in [0.29, 0.717) is 60.0 Å². The molecule has 50 heavy (non-hydrogen) atoms. The number of carbonyl (C=O) groups is 1. The first kappa shape index (κ1) is 29.9. The van der Waals surface area contributed by atoms with Crippen LogP contribution in [0, 0.1) is 35.8 Å². The fraction of sp³-hybridized carbons (Fsp3) is 0.421. The molecule has 4 saturated heterocycles. The lowest BCUT2D eigenvalue weighted by Crippen LogP contribution is -2.64. The number of anilines is 1. The Kier molecular flexibility index (Phi) is 6.13. The van der Waals surface area contributed by atoms with Crippen LogP contribution in [-0.2, 0) is 0 Å². The molecule has 7 heterocycles. The first-order valence-electron chi connectivity index (χ1n) is 17.3. The minimum absolute atomic E-state index is 0.00534. The van der Waals surface area contributed by atoms with E-state index in [0.717, 1.165) is 25.9 Å². The Labute approximate surface area is 286 Å². The number of pyridine rings is 1. The molecule has 5 unspecified atom stereocenters. The molecular formula is C38H34F2N6O4. The van der Waals surface area contributed by atoms with Crippen molar-refractivity contribution in [2.75, 3.05) is 31.1 Å². The Hall–Kier alpha value is -5.02. The number of aromatic nitrogens is 3. The van der Waals surface area contributed by atoms with E-state index >= 15 is 8.78 Å². The van der Waals surface area contributed by atoms with Crippen LogP contribution in [0.4, 0.5) is 19.4 Å². The van der Waals surface area contributed by atoms with Crippen molar-refractivity contribution >= 4 is 33.6 Å². The molecule has 1 N–H and O–H groups in total. The lowest BCUT2D eigenvalue weighted by Gasteiger charge is -2.47. The number of ether oxygens (including phenoxy) is 2. The van der Waals surface area contributed by atoms with Gasteiger partial charge in [0.25, 0.3) is 0 Å². The summed E-state index contributed by atoms with van der Waals surface area (Å²) >= 11 is 0. The van der Waals surface area contributed by atoms with E-state index in [4.69, 9.17) is 30.8 Å². The summed E-state index contributed by atoms with van der Waals surface area (Å²) in [4.78, 5) is 32.9. The molecule has 1 aliphatic carbocycles. The summed E-state index contributed by atoms with van der Waals surface area (Å²) in [7, 11) is 0. The van der Waals surface area contributed by atoms with Crippen LogP contribution in [0.3, 0.4) is 0 Å². The van der Waals surface area contributed by atoms with Crippen LogP contribution in [-0.4, -0.2) is 92.0 Å². The SMILES string of the molecule is C#Cc1c(F)ccc2cccc(-c3nc4c5c(nc(OCC67CC(=C)CN6C[C@@H]6C[C@@H]67)nc5c3F)N3CC5CCC(C3C(C)O4)N5C(=O)O)c12. The highest BCUT2D eigenvalue weighted by atomic mass is 19.1. The smallest absolute Gasteiger partial charge is 0.407 e. The number of hydrogen-bond acceptors (Lipinski definition) is 8. The zero-order valence-electron chi connectivity index (χ0n) is 27.4. The van der Waals surface area contributed by atoms with Crippen molar-refractivity contribution in [1.82, 2.24) is 24.8 Å². The van der Waals surface area contributed by atoms with E-state index in [2.05, 4.69) is 22.3 Å².